The second-order valence-electron chi connectivity index (χ2n) is 1.41. The van der Waals surface area contributed by atoms with Crippen molar-refractivity contribution in [3.05, 3.63) is 30.3 Å². The maximum atomic E-state index is 2.63. The van der Waals surface area contributed by atoms with Crippen molar-refractivity contribution in [2.45, 2.75) is 0 Å². The fraction of sp³-hybridized carbons (Fsp3) is 0. The minimum atomic E-state index is 0. The minimum absolute atomic E-state index is 0. The number of benzene rings is 1. The van der Waals surface area contributed by atoms with Crippen LogP contribution in [0.4, 0.5) is 0 Å². The third-order valence-electron chi connectivity index (χ3n) is 0.800. The van der Waals surface area contributed by atoms with E-state index in [0.717, 1.165) is 0 Å². The number of hydrogen-bond donors (Lipinski definition) is 0. The summed E-state index contributed by atoms with van der Waals surface area (Å²) in [6.07, 6.45) is 0. The molecule has 0 amide bonds. The number of hydrogen-bond acceptors (Lipinski definition) is 0. The molecule has 36 valence electrons. The molecular weight excluding hydrogens is 114 g/mol. The quantitative estimate of drug-likeness (QED) is 0.351. The molecule has 0 heterocycles. The van der Waals surface area contributed by atoms with Gasteiger partial charge in [-0.05, 0) is 5.30 Å². The maximum Gasteiger partial charge on any atom is 3.00 e. The molecule has 0 spiro atoms. The summed E-state index contributed by atoms with van der Waals surface area (Å²) in [5.41, 5.74) is 0. The van der Waals surface area contributed by atoms with E-state index in [9.17, 15) is 0 Å². The number of rotatable bonds is 0. The molecule has 1 aromatic rings. The van der Waals surface area contributed by atoms with E-state index in [1.54, 1.807) is 0 Å². The third-order valence-corrected chi connectivity index (χ3v) is 1.18. The van der Waals surface area contributed by atoms with Gasteiger partial charge >= 0.3 is 8.41 Å². The van der Waals surface area contributed by atoms with Crippen LogP contribution in [0.15, 0.2) is 30.3 Å². The molecule has 0 fully saturated rings. The summed E-state index contributed by atoms with van der Waals surface area (Å²) in [5, 5.41) is 1.24. The zero-order valence-corrected chi connectivity index (χ0v) is 5.70. The van der Waals surface area contributed by atoms with Crippen LogP contribution in [-0.2, 0) is 0 Å². The molecule has 1 atom stereocenters. The standard InChI is InChI=1S/C6H7P.B/c7-6-4-2-1-3-5-6;/h1-5H,7H2;/q;+3. The largest absolute Gasteiger partial charge is 3.00 e. The molecule has 0 aliphatic rings. The van der Waals surface area contributed by atoms with Crippen LogP contribution in [0.25, 0.3) is 0 Å². The summed E-state index contributed by atoms with van der Waals surface area (Å²) < 4.78 is 0. The van der Waals surface area contributed by atoms with Crippen molar-refractivity contribution in [1.82, 2.24) is 0 Å². The molecule has 0 nitrogen and oxygen atoms in total. The Morgan fingerprint density at radius 3 is 1.75 bits per heavy atom. The van der Waals surface area contributed by atoms with E-state index in [0.29, 0.717) is 0 Å². The van der Waals surface area contributed by atoms with E-state index in [1.165, 1.54) is 5.30 Å². The van der Waals surface area contributed by atoms with Crippen LogP contribution in [0, 0.1) is 0 Å². The van der Waals surface area contributed by atoms with E-state index >= 15 is 0 Å². The predicted molar refractivity (Wildman–Crippen MR) is 41.5 cm³/mol. The van der Waals surface area contributed by atoms with E-state index in [4.69, 9.17) is 0 Å². The summed E-state index contributed by atoms with van der Waals surface area (Å²) in [7, 11) is 2.63. The van der Waals surface area contributed by atoms with Crippen LogP contribution in [0.2, 0.25) is 0 Å². The van der Waals surface area contributed by atoms with Crippen LogP contribution in [-0.4, -0.2) is 8.41 Å². The van der Waals surface area contributed by atoms with Gasteiger partial charge in [0.2, 0.25) is 0 Å². The Hall–Kier alpha value is -0.285. The van der Waals surface area contributed by atoms with Gasteiger partial charge in [-0.2, -0.15) is 0 Å². The fourth-order valence-electron chi connectivity index (χ4n) is 0.453. The first-order chi connectivity index (χ1) is 3.39. The van der Waals surface area contributed by atoms with E-state index in [2.05, 4.69) is 9.24 Å². The van der Waals surface area contributed by atoms with Gasteiger partial charge in [0.1, 0.15) is 0 Å². The Bertz CT molecular complexity index is 138. The molecule has 0 saturated heterocycles. The maximum absolute atomic E-state index is 2.63. The first-order valence-electron chi connectivity index (χ1n) is 2.20. The molecule has 0 N–H and O–H groups in total. The first-order valence-corrected chi connectivity index (χ1v) is 2.78. The molecule has 0 saturated carbocycles. The monoisotopic (exact) mass is 121 g/mol. The summed E-state index contributed by atoms with van der Waals surface area (Å²) >= 11 is 0. The van der Waals surface area contributed by atoms with Crippen molar-refractivity contribution in [2.24, 2.45) is 0 Å². The van der Waals surface area contributed by atoms with Gasteiger partial charge < -0.3 is 0 Å². The first kappa shape index (κ1) is 7.71. The molecule has 0 aliphatic heterocycles. The Morgan fingerprint density at radius 1 is 1.00 bits per heavy atom. The van der Waals surface area contributed by atoms with Gasteiger partial charge in [-0.1, -0.05) is 30.3 Å². The second-order valence-corrected chi connectivity index (χ2v) is 2.08. The van der Waals surface area contributed by atoms with Gasteiger partial charge in [-0.25, -0.2) is 0 Å². The van der Waals surface area contributed by atoms with Crippen molar-refractivity contribution in [3.8, 4) is 0 Å². The topological polar surface area (TPSA) is 0 Å². The van der Waals surface area contributed by atoms with Gasteiger partial charge in [-0.3, -0.25) is 0 Å². The van der Waals surface area contributed by atoms with Crippen molar-refractivity contribution in [3.63, 3.8) is 0 Å². The summed E-state index contributed by atoms with van der Waals surface area (Å²) in [6, 6.07) is 10.1. The van der Waals surface area contributed by atoms with Gasteiger partial charge in [-0.15, -0.1) is 9.24 Å². The SMILES string of the molecule is Pc1ccccc1.[B+3]. The zero-order valence-electron chi connectivity index (χ0n) is 4.54. The van der Waals surface area contributed by atoms with Crippen molar-refractivity contribution >= 4 is 23.0 Å². The van der Waals surface area contributed by atoms with Crippen LogP contribution >= 0.6 is 9.24 Å². The molecular formula is C6H7BP+3. The molecule has 8 heavy (non-hydrogen) atoms. The van der Waals surface area contributed by atoms with E-state index in [1.807, 2.05) is 30.3 Å². The van der Waals surface area contributed by atoms with Crippen LogP contribution in [0.1, 0.15) is 0 Å². The van der Waals surface area contributed by atoms with Crippen LogP contribution < -0.4 is 5.30 Å². The summed E-state index contributed by atoms with van der Waals surface area (Å²) in [4.78, 5) is 0. The van der Waals surface area contributed by atoms with Gasteiger partial charge in [0.25, 0.3) is 0 Å². The molecule has 2 heteroatoms. The molecule has 1 rings (SSSR count). The normalized spacial score (nSPS) is 7.62. The smallest absolute Gasteiger partial charge is 0.106 e. The average Bonchev–Trinajstić information content (AvgIpc) is 1.69. The second kappa shape index (κ2) is 3.68. The predicted octanol–water partition coefficient (Wildman–Crippen LogP) is 0.806. The molecule has 0 bridgehead atoms. The fourth-order valence-corrected chi connectivity index (χ4v) is 0.675. The Kier molecular flexibility index (Phi) is 3.55. The van der Waals surface area contributed by atoms with Crippen molar-refractivity contribution in [2.75, 3.05) is 0 Å². The summed E-state index contributed by atoms with van der Waals surface area (Å²) in [6.45, 7) is 0. The van der Waals surface area contributed by atoms with Gasteiger partial charge in [0, 0.05) is 0 Å². The molecule has 0 aliphatic carbocycles. The van der Waals surface area contributed by atoms with E-state index < -0.39 is 0 Å². The van der Waals surface area contributed by atoms with Gasteiger partial charge in [0.05, 0.1) is 0 Å². The molecule has 1 aromatic carbocycles. The summed E-state index contributed by atoms with van der Waals surface area (Å²) in [5.74, 6) is 0. The van der Waals surface area contributed by atoms with Crippen molar-refractivity contribution in [1.29, 1.82) is 0 Å². The molecule has 1 unspecified atom stereocenters. The van der Waals surface area contributed by atoms with Gasteiger partial charge in [0.15, 0.2) is 0 Å². The van der Waals surface area contributed by atoms with Crippen LogP contribution in [0.5, 0.6) is 0 Å². The average molecular weight is 121 g/mol. The van der Waals surface area contributed by atoms with E-state index in [-0.39, 0.29) is 8.41 Å². The molecule has 0 radical (unpaired) electrons. The van der Waals surface area contributed by atoms with Crippen LogP contribution in [0.3, 0.4) is 0 Å². The third kappa shape index (κ3) is 2.13. The Morgan fingerprint density at radius 2 is 1.50 bits per heavy atom. The van der Waals surface area contributed by atoms with Crippen molar-refractivity contribution < 1.29 is 0 Å². The molecule has 0 aromatic heterocycles. The zero-order chi connectivity index (χ0) is 5.11. The Balaban J connectivity index is 0.000000490. The minimum Gasteiger partial charge on any atom is -0.106 e. The Labute approximate surface area is 54.1 Å².